The Bertz CT molecular complexity index is 1020. The maximum absolute atomic E-state index is 12.2. The molecule has 0 spiro atoms. The van der Waals surface area contributed by atoms with Gasteiger partial charge in [0.2, 0.25) is 0 Å². The molecule has 2 heterocycles. The molecule has 0 aliphatic heterocycles. The fourth-order valence-electron chi connectivity index (χ4n) is 3.13. The van der Waals surface area contributed by atoms with E-state index in [1.165, 1.54) is 11.1 Å². The Morgan fingerprint density at radius 2 is 2.04 bits per heavy atom. The van der Waals surface area contributed by atoms with Gasteiger partial charge >= 0.3 is 11.0 Å². The SMILES string of the molecule is CCCc1csc(NC(=O)OCCn2c(=O)sc3ccc(Cl)cc32)c1CCC. The average molecular weight is 439 g/mol. The number of hydrogen-bond donors (Lipinski definition) is 1. The summed E-state index contributed by atoms with van der Waals surface area (Å²) in [6, 6.07) is 5.34. The molecule has 0 bridgehead atoms. The van der Waals surface area contributed by atoms with Gasteiger partial charge in [-0.3, -0.25) is 14.7 Å². The smallest absolute Gasteiger partial charge is 0.412 e. The summed E-state index contributed by atoms with van der Waals surface area (Å²) >= 11 is 8.73. The van der Waals surface area contributed by atoms with Crippen LogP contribution in [0.15, 0.2) is 28.4 Å². The van der Waals surface area contributed by atoms with Gasteiger partial charge in [0, 0.05) is 5.02 Å². The van der Waals surface area contributed by atoms with Gasteiger partial charge in [0.15, 0.2) is 0 Å². The van der Waals surface area contributed by atoms with Crippen LogP contribution in [0.3, 0.4) is 0 Å². The maximum atomic E-state index is 12.2. The van der Waals surface area contributed by atoms with Crippen molar-refractivity contribution in [1.29, 1.82) is 0 Å². The quantitative estimate of drug-likeness (QED) is 0.474. The number of hydrogen-bond acceptors (Lipinski definition) is 5. The van der Waals surface area contributed by atoms with Gasteiger partial charge in [0.05, 0.1) is 16.8 Å². The molecule has 0 saturated heterocycles. The van der Waals surface area contributed by atoms with Crippen molar-refractivity contribution in [2.24, 2.45) is 0 Å². The number of anilines is 1. The third kappa shape index (κ3) is 4.77. The predicted octanol–water partition coefficient (Wildman–Crippen LogP) is 5.93. The van der Waals surface area contributed by atoms with Crippen molar-refractivity contribution in [2.75, 3.05) is 11.9 Å². The summed E-state index contributed by atoms with van der Waals surface area (Å²) in [6.45, 7) is 4.68. The summed E-state index contributed by atoms with van der Waals surface area (Å²) in [4.78, 5) is 24.3. The second-order valence-corrected chi connectivity index (χ2v) is 8.77. The number of ether oxygens (including phenoxy) is 1. The molecule has 2 aromatic heterocycles. The van der Waals surface area contributed by atoms with Crippen LogP contribution in [0, 0.1) is 0 Å². The predicted molar refractivity (Wildman–Crippen MR) is 118 cm³/mol. The van der Waals surface area contributed by atoms with Crippen LogP contribution in [0.5, 0.6) is 0 Å². The van der Waals surface area contributed by atoms with E-state index in [1.54, 1.807) is 28.0 Å². The van der Waals surface area contributed by atoms with Gasteiger partial charge in [-0.1, -0.05) is 49.6 Å². The van der Waals surface area contributed by atoms with E-state index < -0.39 is 6.09 Å². The molecule has 0 aliphatic carbocycles. The Morgan fingerprint density at radius 1 is 1.25 bits per heavy atom. The van der Waals surface area contributed by atoms with E-state index in [9.17, 15) is 9.59 Å². The van der Waals surface area contributed by atoms with Crippen LogP contribution >= 0.6 is 34.3 Å². The van der Waals surface area contributed by atoms with Crippen molar-refractivity contribution in [3.8, 4) is 0 Å². The molecule has 1 aromatic carbocycles. The number of aromatic nitrogens is 1. The first-order valence-corrected chi connectivity index (χ1v) is 11.4. The van der Waals surface area contributed by atoms with Gasteiger partial charge in [0.25, 0.3) is 0 Å². The number of fused-ring (bicyclic) bond motifs is 1. The third-order valence-corrected chi connectivity index (χ3v) is 6.57. The molecule has 0 atom stereocenters. The zero-order valence-electron chi connectivity index (χ0n) is 15.9. The van der Waals surface area contributed by atoms with E-state index in [4.69, 9.17) is 16.3 Å². The Balaban J connectivity index is 1.62. The largest absolute Gasteiger partial charge is 0.447 e. The van der Waals surface area contributed by atoms with Gasteiger partial charge in [-0.15, -0.1) is 11.3 Å². The molecule has 0 fully saturated rings. The number of nitrogens with one attached hydrogen (secondary N) is 1. The lowest BCUT2D eigenvalue weighted by atomic mass is 10.0. The zero-order valence-corrected chi connectivity index (χ0v) is 18.3. The Hall–Kier alpha value is -1.83. The zero-order chi connectivity index (χ0) is 20.1. The van der Waals surface area contributed by atoms with Crippen molar-refractivity contribution in [3.63, 3.8) is 0 Å². The molecule has 5 nitrogen and oxygen atoms in total. The molecular formula is C20H23ClN2O3S2. The minimum Gasteiger partial charge on any atom is -0.447 e. The lowest BCUT2D eigenvalue weighted by Gasteiger charge is -2.09. The van der Waals surface area contributed by atoms with Gasteiger partial charge < -0.3 is 4.74 Å². The van der Waals surface area contributed by atoms with E-state index in [0.29, 0.717) is 11.6 Å². The van der Waals surface area contributed by atoms with Gasteiger partial charge in [-0.2, -0.15) is 0 Å². The number of halogens is 1. The van der Waals surface area contributed by atoms with Crippen LogP contribution < -0.4 is 10.2 Å². The highest BCUT2D eigenvalue weighted by atomic mass is 35.5. The standard InChI is InChI=1S/C20H23ClN2O3S2/c1-3-5-13-12-27-18(15(13)6-4-2)22-19(24)26-10-9-23-16-11-14(21)7-8-17(16)28-20(23)25/h7-8,11-12H,3-6,9-10H2,1-2H3,(H,22,24). The number of thiophene rings is 1. The maximum Gasteiger partial charge on any atom is 0.412 e. The molecule has 150 valence electrons. The van der Waals surface area contributed by atoms with Gasteiger partial charge in [0.1, 0.15) is 11.6 Å². The average Bonchev–Trinajstić information content (AvgIpc) is 3.17. The molecular weight excluding hydrogens is 416 g/mol. The molecule has 0 saturated carbocycles. The number of thiazole rings is 1. The highest BCUT2D eigenvalue weighted by Gasteiger charge is 2.14. The van der Waals surface area contributed by atoms with Crippen LogP contribution in [0.4, 0.5) is 9.80 Å². The summed E-state index contributed by atoms with van der Waals surface area (Å²) in [5, 5.41) is 6.41. The number of benzene rings is 1. The second kappa shape index (κ2) is 9.58. The topological polar surface area (TPSA) is 60.3 Å². The number of nitrogens with zero attached hydrogens (tertiary/aromatic N) is 1. The first-order chi connectivity index (χ1) is 13.5. The molecule has 1 N–H and O–H groups in total. The van der Waals surface area contributed by atoms with Crippen molar-refractivity contribution >= 4 is 55.6 Å². The first kappa shape index (κ1) is 20.9. The van der Waals surface area contributed by atoms with Crippen LogP contribution in [-0.4, -0.2) is 17.3 Å². The van der Waals surface area contributed by atoms with E-state index in [1.807, 2.05) is 6.07 Å². The van der Waals surface area contributed by atoms with E-state index in [-0.39, 0.29) is 11.5 Å². The summed E-state index contributed by atoms with van der Waals surface area (Å²) in [5.74, 6) is 0. The lowest BCUT2D eigenvalue weighted by molar-refractivity contribution is 0.157. The molecule has 0 unspecified atom stereocenters. The molecule has 28 heavy (non-hydrogen) atoms. The summed E-state index contributed by atoms with van der Waals surface area (Å²) < 4.78 is 7.78. The van der Waals surface area contributed by atoms with Gasteiger partial charge in [-0.25, -0.2) is 4.79 Å². The molecule has 8 heteroatoms. The van der Waals surface area contributed by atoms with Gasteiger partial charge in [-0.05, 0) is 47.5 Å². The Labute approximate surface area is 176 Å². The van der Waals surface area contributed by atoms with Crippen LogP contribution in [0.2, 0.25) is 5.02 Å². The van der Waals surface area contributed by atoms with E-state index in [2.05, 4.69) is 24.5 Å². The summed E-state index contributed by atoms with van der Waals surface area (Å²) in [7, 11) is 0. The highest BCUT2D eigenvalue weighted by molar-refractivity contribution is 7.16. The molecule has 3 rings (SSSR count). The van der Waals surface area contributed by atoms with E-state index >= 15 is 0 Å². The number of aryl methyl sites for hydroxylation is 1. The van der Waals surface area contributed by atoms with Crippen molar-refractivity contribution in [3.05, 3.63) is 49.4 Å². The van der Waals surface area contributed by atoms with E-state index in [0.717, 1.165) is 52.2 Å². The van der Waals surface area contributed by atoms with Crippen LogP contribution in [0.1, 0.15) is 37.8 Å². The first-order valence-electron chi connectivity index (χ1n) is 9.35. The number of rotatable bonds is 8. The fourth-order valence-corrected chi connectivity index (χ4v) is 5.23. The monoisotopic (exact) mass is 438 g/mol. The summed E-state index contributed by atoms with van der Waals surface area (Å²) in [6.07, 6.45) is 3.55. The number of carbonyl (C=O) groups excluding carboxylic acids is 1. The van der Waals surface area contributed by atoms with Crippen molar-refractivity contribution in [1.82, 2.24) is 4.57 Å². The highest BCUT2D eigenvalue weighted by Crippen LogP contribution is 2.30. The molecule has 1 amide bonds. The van der Waals surface area contributed by atoms with Crippen LogP contribution in [-0.2, 0) is 24.1 Å². The van der Waals surface area contributed by atoms with Crippen molar-refractivity contribution in [2.45, 2.75) is 46.1 Å². The Morgan fingerprint density at radius 3 is 2.79 bits per heavy atom. The summed E-state index contributed by atoms with van der Waals surface area (Å²) in [5.41, 5.74) is 3.28. The number of amides is 1. The third-order valence-electron chi connectivity index (χ3n) is 4.39. The van der Waals surface area contributed by atoms with Crippen LogP contribution in [0.25, 0.3) is 10.2 Å². The minimum atomic E-state index is -0.493. The lowest BCUT2D eigenvalue weighted by Crippen LogP contribution is -2.20. The fraction of sp³-hybridized carbons (Fsp3) is 0.400. The van der Waals surface area contributed by atoms with Crippen molar-refractivity contribution < 1.29 is 9.53 Å². The molecule has 0 radical (unpaired) electrons. The second-order valence-electron chi connectivity index (χ2n) is 6.46. The normalized spacial score (nSPS) is 11.1. The minimum absolute atomic E-state index is 0.0889. The number of carbonyl (C=O) groups is 1. The molecule has 3 aromatic rings. The Kier molecular flexibility index (Phi) is 7.15. The molecule has 0 aliphatic rings.